The van der Waals surface area contributed by atoms with Crippen LogP contribution in [0.4, 0.5) is 0 Å². The fourth-order valence-electron chi connectivity index (χ4n) is 2.72. The van der Waals surface area contributed by atoms with Crippen molar-refractivity contribution in [3.05, 3.63) is 0 Å². The summed E-state index contributed by atoms with van der Waals surface area (Å²) in [5, 5.41) is 11.9. The molecule has 0 spiro atoms. The molecule has 1 rings (SSSR count). The van der Waals surface area contributed by atoms with Gasteiger partial charge < -0.3 is 15.3 Å². The number of hydrogen-bond donors (Lipinski definition) is 2. The second-order valence-electron chi connectivity index (χ2n) is 5.44. The van der Waals surface area contributed by atoms with Crippen molar-refractivity contribution in [1.82, 2.24) is 10.2 Å². The third-order valence-corrected chi connectivity index (χ3v) is 3.97. The van der Waals surface area contributed by atoms with Crippen molar-refractivity contribution < 1.29 is 14.7 Å². The molecule has 1 aliphatic rings. The van der Waals surface area contributed by atoms with Crippen molar-refractivity contribution >= 4 is 11.9 Å². The minimum Gasteiger partial charge on any atom is -0.481 e. The predicted octanol–water partition coefficient (Wildman–Crippen LogP) is 1.33. The van der Waals surface area contributed by atoms with Crippen molar-refractivity contribution in [3.8, 4) is 0 Å². The molecule has 0 bridgehead atoms. The third-order valence-electron chi connectivity index (χ3n) is 3.97. The summed E-state index contributed by atoms with van der Waals surface area (Å²) in [6.07, 6.45) is 1.80. The molecule has 1 saturated carbocycles. The van der Waals surface area contributed by atoms with Gasteiger partial charge in [-0.1, -0.05) is 13.8 Å². The molecule has 1 amide bonds. The van der Waals surface area contributed by atoms with Crippen molar-refractivity contribution in [2.45, 2.75) is 46.1 Å². The molecule has 19 heavy (non-hydrogen) atoms. The fourth-order valence-corrected chi connectivity index (χ4v) is 2.72. The smallest absolute Gasteiger partial charge is 0.306 e. The zero-order chi connectivity index (χ0) is 14.4. The Morgan fingerprint density at radius 2 is 1.84 bits per heavy atom. The predicted molar refractivity (Wildman–Crippen MR) is 73.9 cm³/mol. The van der Waals surface area contributed by atoms with Gasteiger partial charge in [0.25, 0.3) is 0 Å². The van der Waals surface area contributed by atoms with E-state index in [1.165, 1.54) is 0 Å². The van der Waals surface area contributed by atoms with Gasteiger partial charge in [-0.05, 0) is 39.3 Å². The van der Waals surface area contributed by atoms with E-state index in [0.717, 1.165) is 19.6 Å². The SMILES string of the molecule is CCN(CC)CC(C)NC(=O)[C@@H]1CC[C@H](C(=O)O)C1. The summed E-state index contributed by atoms with van der Waals surface area (Å²) in [5.74, 6) is -1.22. The van der Waals surface area contributed by atoms with E-state index in [2.05, 4.69) is 24.1 Å². The zero-order valence-corrected chi connectivity index (χ0v) is 12.2. The number of nitrogens with one attached hydrogen (secondary N) is 1. The quantitative estimate of drug-likeness (QED) is 0.732. The van der Waals surface area contributed by atoms with Gasteiger partial charge in [0.1, 0.15) is 0 Å². The van der Waals surface area contributed by atoms with Crippen molar-refractivity contribution in [3.63, 3.8) is 0 Å². The molecule has 0 heterocycles. The molecular weight excluding hydrogens is 244 g/mol. The van der Waals surface area contributed by atoms with Crippen LogP contribution in [0.2, 0.25) is 0 Å². The van der Waals surface area contributed by atoms with Crippen LogP contribution in [0.25, 0.3) is 0 Å². The van der Waals surface area contributed by atoms with Gasteiger partial charge in [-0.15, -0.1) is 0 Å². The lowest BCUT2D eigenvalue weighted by molar-refractivity contribution is -0.141. The lowest BCUT2D eigenvalue weighted by atomic mass is 10.0. The molecule has 0 aliphatic heterocycles. The largest absolute Gasteiger partial charge is 0.481 e. The summed E-state index contributed by atoms with van der Waals surface area (Å²) in [6.45, 7) is 9.00. The van der Waals surface area contributed by atoms with Crippen LogP contribution in [0.1, 0.15) is 40.0 Å². The molecule has 110 valence electrons. The summed E-state index contributed by atoms with van der Waals surface area (Å²) in [4.78, 5) is 25.2. The van der Waals surface area contributed by atoms with Gasteiger partial charge in [0.2, 0.25) is 5.91 Å². The Bertz CT molecular complexity index is 316. The third kappa shape index (κ3) is 4.82. The zero-order valence-electron chi connectivity index (χ0n) is 12.2. The number of carbonyl (C=O) groups is 2. The molecule has 1 unspecified atom stereocenters. The Balaban J connectivity index is 2.37. The van der Waals surface area contributed by atoms with Crippen molar-refractivity contribution in [2.75, 3.05) is 19.6 Å². The summed E-state index contributed by atoms with van der Waals surface area (Å²) < 4.78 is 0. The van der Waals surface area contributed by atoms with Crippen LogP contribution in [0.5, 0.6) is 0 Å². The highest BCUT2D eigenvalue weighted by Crippen LogP contribution is 2.31. The highest BCUT2D eigenvalue weighted by atomic mass is 16.4. The standard InChI is InChI=1S/C14H26N2O3/c1-4-16(5-2)9-10(3)15-13(17)11-6-7-12(8-11)14(18)19/h10-12H,4-9H2,1-3H3,(H,15,17)(H,18,19)/t10?,11-,12+/m1/s1. The van der Waals surface area contributed by atoms with Crippen LogP contribution in [0.3, 0.4) is 0 Å². The lowest BCUT2D eigenvalue weighted by Crippen LogP contribution is -2.43. The molecule has 1 aliphatic carbocycles. The van der Waals surface area contributed by atoms with E-state index in [1.54, 1.807) is 0 Å². The minimum atomic E-state index is -0.772. The first-order valence-corrected chi connectivity index (χ1v) is 7.23. The maximum absolute atomic E-state index is 12.1. The summed E-state index contributed by atoms with van der Waals surface area (Å²) in [7, 11) is 0. The molecule has 3 atom stereocenters. The topological polar surface area (TPSA) is 69.6 Å². The number of nitrogens with zero attached hydrogens (tertiary/aromatic N) is 1. The number of carboxylic acids is 1. The maximum atomic E-state index is 12.1. The number of rotatable bonds is 7. The van der Waals surface area contributed by atoms with Gasteiger partial charge >= 0.3 is 5.97 Å². The number of amides is 1. The number of likely N-dealkylation sites (N-methyl/N-ethyl adjacent to an activating group) is 1. The fraction of sp³-hybridized carbons (Fsp3) is 0.857. The van der Waals surface area contributed by atoms with Crippen LogP contribution < -0.4 is 5.32 Å². The van der Waals surface area contributed by atoms with Gasteiger partial charge in [-0.2, -0.15) is 0 Å². The Morgan fingerprint density at radius 3 is 2.32 bits per heavy atom. The van der Waals surface area contributed by atoms with Gasteiger partial charge in [-0.3, -0.25) is 9.59 Å². The first kappa shape index (κ1) is 16.0. The second-order valence-corrected chi connectivity index (χ2v) is 5.44. The van der Waals surface area contributed by atoms with E-state index in [-0.39, 0.29) is 23.8 Å². The lowest BCUT2D eigenvalue weighted by Gasteiger charge is -2.24. The number of aliphatic carboxylic acids is 1. The maximum Gasteiger partial charge on any atom is 0.306 e. The molecule has 5 nitrogen and oxygen atoms in total. The van der Waals surface area contributed by atoms with E-state index in [9.17, 15) is 9.59 Å². The monoisotopic (exact) mass is 270 g/mol. The highest BCUT2D eigenvalue weighted by Gasteiger charge is 2.34. The Labute approximate surface area is 115 Å². The van der Waals surface area contributed by atoms with Crippen LogP contribution in [0.15, 0.2) is 0 Å². The number of carboxylic acid groups (broad SMARTS) is 1. The summed E-state index contributed by atoms with van der Waals surface area (Å²) >= 11 is 0. The first-order valence-electron chi connectivity index (χ1n) is 7.23. The molecule has 0 aromatic heterocycles. The Morgan fingerprint density at radius 1 is 1.26 bits per heavy atom. The van der Waals surface area contributed by atoms with Crippen LogP contribution in [0, 0.1) is 11.8 Å². The van der Waals surface area contributed by atoms with Gasteiger partial charge in [-0.25, -0.2) is 0 Å². The average Bonchev–Trinajstić information content (AvgIpc) is 2.85. The summed E-state index contributed by atoms with van der Waals surface area (Å²) in [6, 6.07) is 0.108. The molecule has 0 saturated heterocycles. The number of carbonyl (C=O) groups excluding carboxylic acids is 1. The Hall–Kier alpha value is -1.10. The minimum absolute atomic E-state index is 0.0170. The van der Waals surface area contributed by atoms with E-state index in [1.807, 2.05) is 6.92 Å². The van der Waals surface area contributed by atoms with Crippen LogP contribution >= 0.6 is 0 Å². The molecule has 0 aromatic rings. The summed E-state index contributed by atoms with van der Waals surface area (Å²) in [5.41, 5.74) is 0. The van der Waals surface area contributed by atoms with E-state index in [0.29, 0.717) is 19.3 Å². The molecule has 0 radical (unpaired) electrons. The Kier molecular flexibility index (Phi) is 6.28. The van der Waals surface area contributed by atoms with Crippen molar-refractivity contribution in [2.24, 2.45) is 11.8 Å². The van der Waals surface area contributed by atoms with Gasteiger partial charge in [0.15, 0.2) is 0 Å². The van der Waals surface area contributed by atoms with Crippen LogP contribution in [-0.2, 0) is 9.59 Å². The second kappa shape index (κ2) is 7.48. The number of hydrogen-bond acceptors (Lipinski definition) is 3. The van der Waals surface area contributed by atoms with Gasteiger partial charge in [0.05, 0.1) is 5.92 Å². The molecule has 2 N–H and O–H groups in total. The average molecular weight is 270 g/mol. The molecular formula is C14H26N2O3. The van der Waals surface area contributed by atoms with Gasteiger partial charge in [0, 0.05) is 18.5 Å². The first-order chi connectivity index (χ1) is 8.97. The van der Waals surface area contributed by atoms with E-state index < -0.39 is 5.97 Å². The van der Waals surface area contributed by atoms with E-state index in [4.69, 9.17) is 5.11 Å². The molecule has 0 aromatic carbocycles. The van der Waals surface area contributed by atoms with Crippen LogP contribution in [-0.4, -0.2) is 47.6 Å². The van der Waals surface area contributed by atoms with E-state index >= 15 is 0 Å². The molecule has 5 heteroatoms. The van der Waals surface area contributed by atoms with Crippen molar-refractivity contribution in [1.29, 1.82) is 0 Å². The molecule has 1 fully saturated rings. The highest BCUT2D eigenvalue weighted by molar-refractivity contribution is 5.81. The normalized spacial score (nSPS) is 24.4.